The number of hydrogen-bond acceptors (Lipinski definition) is 6. The molecule has 1 aromatic carbocycles. The molecule has 1 aliphatic heterocycles. The standard InChI is InChI=1S/C19H21N5.2C2HF3O2/c1-2-6-18(19-21-8-9-22-19)16(4-1)15-23-10-12-24(13-11-23)17-5-3-7-20-14-17;2*3-2(4,5)1(6)7/h1-9,14H,10-13,15H2,(H,21,22);2*(H,6,7). The van der Waals surface area contributed by atoms with Crippen LogP contribution in [0.3, 0.4) is 0 Å². The molecular weight excluding hydrogens is 524 g/mol. The molecule has 0 bridgehead atoms. The Morgan fingerprint density at radius 1 is 0.868 bits per heavy atom. The second-order valence-electron chi connectivity index (χ2n) is 7.68. The number of imidazole rings is 1. The number of piperazine rings is 1. The van der Waals surface area contributed by atoms with Crippen molar-refractivity contribution in [2.45, 2.75) is 18.9 Å². The quantitative estimate of drug-likeness (QED) is 0.418. The Balaban J connectivity index is 0.000000301. The maximum absolute atomic E-state index is 10.6. The smallest absolute Gasteiger partial charge is 0.475 e. The maximum atomic E-state index is 10.6. The van der Waals surface area contributed by atoms with Crippen LogP contribution in [0.5, 0.6) is 0 Å². The van der Waals surface area contributed by atoms with Crippen molar-refractivity contribution in [2.75, 3.05) is 31.1 Å². The summed E-state index contributed by atoms with van der Waals surface area (Å²) in [6, 6.07) is 12.6. The zero-order valence-corrected chi connectivity index (χ0v) is 19.6. The summed E-state index contributed by atoms with van der Waals surface area (Å²) in [7, 11) is 0. The van der Waals surface area contributed by atoms with Crippen molar-refractivity contribution >= 4 is 17.6 Å². The summed E-state index contributed by atoms with van der Waals surface area (Å²) in [6.45, 7) is 5.14. The van der Waals surface area contributed by atoms with E-state index in [1.54, 1.807) is 6.20 Å². The van der Waals surface area contributed by atoms with Gasteiger partial charge in [0.2, 0.25) is 0 Å². The summed E-state index contributed by atoms with van der Waals surface area (Å²) in [5.74, 6) is -4.57. The number of aromatic amines is 1. The fourth-order valence-electron chi connectivity index (χ4n) is 3.25. The van der Waals surface area contributed by atoms with E-state index in [9.17, 15) is 26.3 Å². The van der Waals surface area contributed by atoms with Gasteiger partial charge in [-0.05, 0) is 17.7 Å². The Labute approximate surface area is 212 Å². The van der Waals surface area contributed by atoms with E-state index in [0.717, 1.165) is 38.5 Å². The second kappa shape index (κ2) is 13.4. The van der Waals surface area contributed by atoms with Crippen molar-refractivity contribution in [3.63, 3.8) is 0 Å². The predicted molar refractivity (Wildman–Crippen MR) is 123 cm³/mol. The van der Waals surface area contributed by atoms with Crippen LogP contribution in [0.15, 0.2) is 61.2 Å². The van der Waals surface area contributed by atoms with Gasteiger partial charge in [-0.3, -0.25) is 9.88 Å². The molecule has 0 spiro atoms. The molecule has 4 rings (SSSR count). The van der Waals surface area contributed by atoms with E-state index in [1.807, 2.05) is 24.7 Å². The van der Waals surface area contributed by atoms with Crippen LogP contribution in [0.1, 0.15) is 5.56 Å². The molecule has 3 aromatic rings. The highest BCUT2D eigenvalue weighted by Gasteiger charge is 2.38. The minimum absolute atomic E-state index is 0.944. The number of rotatable bonds is 4. The van der Waals surface area contributed by atoms with Gasteiger partial charge in [-0.2, -0.15) is 26.3 Å². The molecule has 0 amide bonds. The van der Waals surface area contributed by atoms with Crippen LogP contribution in [0.25, 0.3) is 11.4 Å². The molecule has 1 aliphatic rings. The lowest BCUT2D eigenvalue weighted by Crippen LogP contribution is -2.46. The van der Waals surface area contributed by atoms with Crippen molar-refractivity contribution in [3.05, 3.63) is 66.7 Å². The fourth-order valence-corrected chi connectivity index (χ4v) is 3.25. The number of halogens is 6. The molecule has 15 heteroatoms. The van der Waals surface area contributed by atoms with Gasteiger partial charge in [0.1, 0.15) is 5.82 Å². The minimum atomic E-state index is -5.08. The molecule has 1 fully saturated rings. The van der Waals surface area contributed by atoms with Gasteiger partial charge in [0, 0.05) is 56.9 Å². The van der Waals surface area contributed by atoms with E-state index in [0.29, 0.717) is 0 Å². The van der Waals surface area contributed by atoms with Crippen LogP contribution in [0.2, 0.25) is 0 Å². The molecule has 9 nitrogen and oxygen atoms in total. The number of pyridine rings is 1. The third kappa shape index (κ3) is 9.72. The summed E-state index contributed by atoms with van der Waals surface area (Å²) in [4.78, 5) is 34.5. The first kappa shape index (κ1) is 30.1. The molecule has 0 unspecified atom stereocenters. The van der Waals surface area contributed by atoms with E-state index in [1.165, 1.54) is 16.8 Å². The lowest BCUT2D eigenvalue weighted by atomic mass is 10.1. The number of nitrogens with one attached hydrogen (secondary N) is 1. The van der Waals surface area contributed by atoms with Crippen LogP contribution in [-0.2, 0) is 16.1 Å². The average molecular weight is 547 g/mol. The molecule has 2 aromatic heterocycles. The fraction of sp³-hybridized carbons (Fsp3) is 0.304. The van der Waals surface area contributed by atoms with Gasteiger partial charge in [0.05, 0.1) is 11.9 Å². The Hall–Kier alpha value is -4.14. The van der Waals surface area contributed by atoms with Gasteiger partial charge >= 0.3 is 24.3 Å². The summed E-state index contributed by atoms with van der Waals surface area (Å²) in [5.41, 5.74) is 3.73. The molecule has 3 N–H and O–H groups in total. The third-order valence-corrected chi connectivity index (χ3v) is 5.03. The minimum Gasteiger partial charge on any atom is -0.475 e. The van der Waals surface area contributed by atoms with Crippen LogP contribution < -0.4 is 4.90 Å². The van der Waals surface area contributed by atoms with E-state index in [4.69, 9.17) is 19.8 Å². The summed E-state index contributed by atoms with van der Waals surface area (Å²) in [5, 5.41) is 14.2. The topological polar surface area (TPSA) is 123 Å². The number of nitrogens with zero attached hydrogens (tertiary/aromatic N) is 4. The van der Waals surface area contributed by atoms with E-state index in [-0.39, 0.29) is 0 Å². The van der Waals surface area contributed by atoms with Crippen LogP contribution in [0, 0.1) is 0 Å². The van der Waals surface area contributed by atoms with Gasteiger partial charge in [-0.15, -0.1) is 0 Å². The lowest BCUT2D eigenvalue weighted by Gasteiger charge is -2.36. The Morgan fingerprint density at radius 3 is 1.92 bits per heavy atom. The third-order valence-electron chi connectivity index (χ3n) is 5.03. The SMILES string of the molecule is O=C(O)C(F)(F)F.O=C(O)C(F)(F)F.c1cncc(N2CCN(Cc3ccccc3-c3ncc[nH]3)CC2)c1. The molecule has 38 heavy (non-hydrogen) atoms. The second-order valence-corrected chi connectivity index (χ2v) is 7.68. The summed E-state index contributed by atoms with van der Waals surface area (Å²) >= 11 is 0. The first-order valence-electron chi connectivity index (χ1n) is 10.8. The van der Waals surface area contributed by atoms with E-state index < -0.39 is 24.3 Å². The number of aliphatic carboxylic acids is 2. The number of carboxylic acids is 2. The number of carbonyl (C=O) groups is 2. The molecule has 1 saturated heterocycles. The van der Waals surface area contributed by atoms with Crippen molar-refractivity contribution in [1.29, 1.82) is 0 Å². The molecule has 206 valence electrons. The van der Waals surface area contributed by atoms with Gasteiger partial charge in [0.25, 0.3) is 0 Å². The van der Waals surface area contributed by atoms with Gasteiger partial charge in [-0.1, -0.05) is 24.3 Å². The molecule has 3 heterocycles. The molecule has 0 radical (unpaired) electrons. The maximum Gasteiger partial charge on any atom is 0.490 e. The molecular formula is C23H23F6N5O4. The number of hydrogen-bond donors (Lipinski definition) is 3. The monoisotopic (exact) mass is 547 g/mol. The number of carboxylic acid groups (broad SMARTS) is 2. The first-order chi connectivity index (χ1) is 17.8. The Morgan fingerprint density at radius 2 is 1.45 bits per heavy atom. The normalized spacial score (nSPS) is 14.0. The van der Waals surface area contributed by atoms with Crippen molar-refractivity contribution in [2.24, 2.45) is 0 Å². The Kier molecular flexibility index (Phi) is 10.6. The average Bonchev–Trinajstić information content (AvgIpc) is 3.40. The molecule has 0 atom stereocenters. The lowest BCUT2D eigenvalue weighted by molar-refractivity contribution is -0.193. The number of H-pyrrole nitrogens is 1. The van der Waals surface area contributed by atoms with Crippen molar-refractivity contribution in [1.82, 2.24) is 19.9 Å². The highest BCUT2D eigenvalue weighted by molar-refractivity contribution is 5.73. The summed E-state index contributed by atoms with van der Waals surface area (Å²) < 4.78 is 63.5. The van der Waals surface area contributed by atoms with E-state index in [2.05, 4.69) is 55.1 Å². The van der Waals surface area contributed by atoms with E-state index >= 15 is 0 Å². The highest BCUT2D eigenvalue weighted by atomic mass is 19.4. The molecule has 0 aliphatic carbocycles. The number of alkyl halides is 6. The summed E-state index contributed by atoms with van der Waals surface area (Å²) in [6.07, 6.45) is -2.72. The predicted octanol–water partition coefficient (Wildman–Crippen LogP) is 4.06. The van der Waals surface area contributed by atoms with Crippen molar-refractivity contribution in [3.8, 4) is 11.4 Å². The Bertz CT molecular complexity index is 1130. The van der Waals surface area contributed by atoms with Gasteiger partial charge < -0.3 is 20.1 Å². The van der Waals surface area contributed by atoms with Crippen LogP contribution in [0.4, 0.5) is 32.0 Å². The van der Waals surface area contributed by atoms with Crippen LogP contribution in [-0.4, -0.2) is 80.5 Å². The zero-order chi connectivity index (χ0) is 28.3. The van der Waals surface area contributed by atoms with Crippen molar-refractivity contribution < 1.29 is 46.1 Å². The van der Waals surface area contributed by atoms with Crippen LogP contribution >= 0.6 is 0 Å². The van der Waals surface area contributed by atoms with Gasteiger partial charge in [0.15, 0.2) is 0 Å². The number of anilines is 1. The molecule has 0 saturated carbocycles. The first-order valence-corrected chi connectivity index (χ1v) is 10.8. The largest absolute Gasteiger partial charge is 0.490 e. The van der Waals surface area contributed by atoms with Gasteiger partial charge in [-0.25, -0.2) is 14.6 Å². The number of aromatic nitrogens is 3. The zero-order valence-electron chi connectivity index (χ0n) is 19.6. The number of benzene rings is 1. The highest BCUT2D eigenvalue weighted by Crippen LogP contribution is 2.23.